The Labute approximate surface area is 159 Å². The molecule has 0 aliphatic carbocycles. The molecule has 0 saturated heterocycles. The van der Waals surface area contributed by atoms with Crippen molar-refractivity contribution < 1.29 is 0 Å². The number of aryl methyl sites for hydroxylation is 2. The Morgan fingerprint density at radius 1 is 0.423 bits per heavy atom. The van der Waals surface area contributed by atoms with Crippen LogP contribution in [-0.4, -0.2) is 0 Å². The molecule has 2 heteroatoms. The van der Waals surface area contributed by atoms with E-state index in [4.69, 9.17) is 0 Å². The van der Waals surface area contributed by atoms with Crippen molar-refractivity contribution in [2.24, 2.45) is 0 Å². The van der Waals surface area contributed by atoms with Gasteiger partial charge in [0.1, 0.15) is 0 Å². The van der Waals surface area contributed by atoms with Gasteiger partial charge in [0.25, 0.3) is 0 Å². The summed E-state index contributed by atoms with van der Waals surface area (Å²) >= 11 is 3.88. The summed E-state index contributed by atoms with van der Waals surface area (Å²) < 4.78 is 5.68. The van der Waals surface area contributed by atoms with Gasteiger partial charge in [-0.15, -0.1) is 22.7 Å². The van der Waals surface area contributed by atoms with E-state index in [1.54, 1.807) is 0 Å². The molecule has 0 atom stereocenters. The fourth-order valence-corrected chi connectivity index (χ4v) is 6.79. The Hall–Kier alpha value is -2.42. The fourth-order valence-electron chi connectivity index (χ4n) is 4.20. The van der Waals surface area contributed by atoms with Crippen LogP contribution in [-0.2, 0) is 0 Å². The third-order valence-electron chi connectivity index (χ3n) is 5.51. The lowest BCUT2D eigenvalue weighted by Crippen LogP contribution is -1.75. The van der Waals surface area contributed by atoms with Crippen LogP contribution in [0.2, 0.25) is 0 Å². The second kappa shape index (κ2) is 5.06. The summed E-state index contributed by atoms with van der Waals surface area (Å²) in [5.41, 5.74) is 2.74. The second-order valence-electron chi connectivity index (χ2n) is 7.09. The van der Waals surface area contributed by atoms with Crippen molar-refractivity contribution in [1.29, 1.82) is 0 Å². The summed E-state index contributed by atoms with van der Waals surface area (Å²) in [6, 6.07) is 22.6. The number of hydrogen-bond acceptors (Lipinski definition) is 2. The molecular formula is C24H16S2. The summed E-state index contributed by atoms with van der Waals surface area (Å²) in [5.74, 6) is 0. The van der Waals surface area contributed by atoms with E-state index < -0.39 is 0 Å². The van der Waals surface area contributed by atoms with Gasteiger partial charge >= 0.3 is 0 Å². The van der Waals surface area contributed by atoms with Crippen LogP contribution >= 0.6 is 22.7 Å². The number of thiophene rings is 2. The van der Waals surface area contributed by atoms with Crippen LogP contribution in [0, 0.1) is 13.8 Å². The van der Waals surface area contributed by atoms with Crippen LogP contribution in [0.5, 0.6) is 0 Å². The molecule has 0 saturated carbocycles. The highest BCUT2D eigenvalue weighted by atomic mass is 32.1. The molecule has 0 fully saturated rings. The highest BCUT2D eigenvalue weighted by Gasteiger charge is 2.14. The summed E-state index contributed by atoms with van der Waals surface area (Å²) in [6.45, 7) is 4.43. The summed E-state index contributed by atoms with van der Waals surface area (Å²) in [4.78, 5) is 0. The van der Waals surface area contributed by atoms with Crippen molar-refractivity contribution in [2.45, 2.75) is 13.8 Å². The van der Waals surface area contributed by atoms with E-state index in [0.29, 0.717) is 0 Å². The molecule has 0 amide bonds. The maximum atomic E-state index is 2.33. The van der Waals surface area contributed by atoms with Crippen molar-refractivity contribution in [1.82, 2.24) is 0 Å². The zero-order valence-corrected chi connectivity index (χ0v) is 16.2. The predicted octanol–water partition coefficient (Wildman–Crippen LogP) is 8.19. The van der Waals surface area contributed by atoms with Crippen molar-refractivity contribution >= 4 is 73.8 Å². The van der Waals surface area contributed by atoms with Gasteiger partial charge in [-0.1, -0.05) is 60.7 Å². The van der Waals surface area contributed by atoms with Crippen LogP contribution in [0.15, 0.2) is 60.7 Å². The summed E-state index contributed by atoms with van der Waals surface area (Å²) in [6.07, 6.45) is 0. The molecule has 0 bridgehead atoms. The fraction of sp³-hybridized carbons (Fsp3) is 0.0833. The Bertz CT molecular complexity index is 1380. The van der Waals surface area contributed by atoms with Gasteiger partial charge in [0.2, 0.25) is 0 Å². The van der Waals surface area contributed by atoms with Gasteiger partial charge in [-0.25, -0.2) is 0 Å². The molecule has 6 aromatic rings. The maximum Gasteiger partial charge on any atom is 0.0434 e. The van der Waals surface area contributed by atoms with E-state index >= 15 is 0 Å². The standard InChI is InChI=1S/C24H16S2/c1-13-5-3-7-15-17-9-11-20-19(23(17)25-21(13)15)12-10-18-16-8-4-6-14(2)22(16)26-24(18)20/h3-12H,1-2H3. The topological polar surface area (TPSA) is 0 Å². The monoisotopic (exact) mass is 368 g/mol. The van der Waals surface area contributed by atoms with Crippen molar-refractivity contribution in [3.63, 3.8) is 0 Å². The molecule has 0 radical (unpaired) electrons. The van der Waals surface area contributed by atoms with Gasteiger partial charge in [-0.3, -0.25) is 0 Å². The Balaban J connectivity index is 1.85. The Morgan fingerprint density at radius 2 is 0.769 bits per heavy atom. The molecule has 0 spiro atoms. The molecule has 2 aromatic heterocycles. The average molecular weight is 369 g/mol. The largest absolute Gasteiger partial charge is 0.134 e. The van der Waals surface area contributed by atoms with Crippen molar-refractivity contribution in [3.8, 4) is 0 Å². The zero-order valence-electron chi connectivity index (χ0n) is 14.6. The van der Waals surface area contributed by atoms with Gasteiger partial charge in [0.05, 0.1) is 0 Å². The molecule has 0 unspecified atom stereocenters. The van der Waals surface area contributed by atoms with Crippen molar-refractivity contribution in [2.75, 3.05) is 0 Å². The van der Waals surface area contributed by atoms with Crippen LogP contribution in [0.1, 0.15) is 11.1 Å². The highest BCUT2D eigenvalue weighted by molar-refractivity contribution is 7.28. The minimum absolute atomic E-state index is 1.37. The zero-order chi connectivity index (χ0) is 17.4. The van der Waals surface area contributed by atoms with E-state index in [0.717, 1.165) is 0 Å². The Morgan fingerprint density at radius 3 is 1.15 bits per heavy atom. The number of hydrogen-bond donors (Lipinski definition) is 0. The van der Waals surface area contributed by atoms with Crippen LogP contribution < -0.4 is 0 Å². The third-order valence-corrected chi connectivity index (χ3v) is 8.29. The molecule has 124 valence electrons. The highest BCUT2D eigenvalue weighted by Crippen LogP contribution is 2.44. The first-order chi connectivity index (χ1) is 12.7. The van der Waals surface area contributed by atoms with E-state index in [-0.39, 0.29) is 0 Å². The molecule has 6 rings (SSSR count). The van der Waals surface area contributed by atoms with Gasteiger partial charge in [-0.2, -0.15) is 0 Å². The second-order valence-corrected chi connectivity index (χ2v) is 9.13. The Kier molecular flexibility index (Phi) is 2.87. The quantitative estimate of drug-likeness (QED) is 0.253. The van der Waals surface area contributed by atoms with E-state index in [9.17, 15) is 0 Å². The van der Waals surface area contributed by atoms with Gasteiger partial charge in [-0.05, 0) is 25.0 Å². The molecule has 2 heterocycles. The van der Waals surface area contributed by atoms with E-state index in [2.05, 4.69) is 74.5 Å². The van der Waals surface area contributed by atoms with Crippen LogP contribution in [0.3, 0.4) is 0 Å². The predicted molar refractivity (Wildman–Crippen MR) is 119 cm³/mol. The maximum absolute atomic E-state index is 2.33. The van der Waals surface area contributed by atoms with Gasteiger partial charge in [0, 0.05) is 51.1 Å². The molecule has 0 aliphatic heterocycles. The van der Waals surface area contributed by atoms with Crippen LogP contribution in [0.4, 0.5) is 0 Å². The number of benzene rings is 4. The normalized spacial score (nSPS) is 12.2. The number of rotatable bonds is 0. The first-order valence-electron chi connectivity index (χ1n) is 8.88. The van der Waals surface area contributed by atoms with E-state index in [1.807, 2.05) is 22.7 Å². The molecule has 0 N–H and O–H groups in total. The van der Waals surface area contributed by atoms with Crippen molar-refractivity contribution in [3.05, 3.63) is 71.8 Å². The first kappa shape index (κ1) is 14.7. The molecule has 0 aliphatic rings. The van der Waals surface area contributed by atoms with Gasteiger partial charge in [0.15, 0.2) is 0 Å². The smallest absolute Gasteiger partial charge is 0.0434 e. The summed E-state index contributed by atoms with van der Waals surface area (Å²) in [7, 11) is 0. The number of fused-ring (bicyclic) bond motifs is 9. The lowest BCUT2D eigenvalue weighted by molar-refractivity contribution is 1.56. The van der Waals surface area contributed by atoms with E-state index in [1.165, 1.54) is 62.2 Å². The minimum atomic E-state index is 1.37. The lowest BCUT2D eigenvalue weighted by atomic mass is 10.0. The lowest BCUT2D eigenvalue weighted by Gasteiger charge is -2.02. The SMILES string of the molecule is Cc1cccc2c1sc1c2ccc2c1ccc1c3cccc(C)c3sc12. The first-order valence-corrected chi connectivity index (χ1v) is 10.5. The molecule has 0 nitrogen and oxygen atoms in total. The van der Waals surface area contributed by atoms with Gasteiger partial charge < -0.3 is 0 Å². The molecule has 4 aromatic carbocycles. The van der Waals surface area contributed by atoms with Crippen LogP contribution in [0.25, 0.3) is 51.1 Å². The third kappa shape index (κ3) is 1.78. The molecular weight excluding hydrogens is 352 g/mol. The minimum Gasteiger partial charge on any atom is -0.134 e. The molecule has 26 heavy (non-hydrogen) atoms. The average Bonchev–Trinajstić information content (AvgIpc) is 3.22. The summed E-state index contributed by atoms with van der Waals surface area (Å²) in [5, 5.41) is 8.33.